The van der Waals surface area contributed by atoms with E-state index in [0.29, 0.717) is 5.82 Å². The second kappa shape index (κ2) is 8.09. The number of pyridine rings is 1. The third kappa shape index (κ3) is 4.08. The molecule has 1 aliphatic rings. The maximum atomic E-state index is 12.8. The van der Waals surface area contributed by atoms with Gasteiger partial charge in [-0.2, -0.15) is 5.10 Å². The van der Waals surface area contributed by atoms with Crippen molar-refractivity contribution in [1.29, 1.82) is 0 Å². The number of amides is 1. The Labute approximate surface area is 159 Å². The highest BCUT2D eigenvalue weighted by molar-refractivity contribution is 9.10. The van der Waals surface area contributed by atoms with Gasteiger partial charge in [0.25, 0.3) is 5.91 Å². The first-order chi connectivity index (χ1) is 12.6. The van der Waals surface area contributed by atoms with Crippen LogP contribution in [0.15, 0.2) is 58.2 Å². The molecule has 0 saturated heterocycles. The lowest BCUT2D eigenvalue weighted by Gasteiger charge is -2.22. The molecule has 1 unspecified atom stereocenters. The van der Waals surface area contributed by atoms with Gasteiger partial charge in [0.1, 0.15) is 17.6 Å². The fourth-order valence-corrected chi connectivity index (χ4v) is 2.76. The lowest BCUT2D eigenvalue weighted by Crippen LogP contribution is -2.39. The summed E-state index contributed by atoms with van der Waals surface area (Å²) in [5, 5.41) is 8.63. The molecule has 1 N–H and O–H groups in total. The van der Waals surface area contributed by atoms with Crippen molar-refractivity contribution in [3.8, 4) is 0 Å². The fourth-order valence-electron chi connectivity index (χ4n) is 2.53. The number of hydrazone groups is 1. The zero-order valence-corrected chi connectivity index (χ0v) is 15.6. The van der Waals surface area contributed by atoms with Gasteiger partial charge in [-0.05, 0) is 47.1 Å². The number of carbonyl (C=O) groups is 2. The molecule has 0 fully saturated rings. The summed E-state index contributed by atoms with van der Waals surface area (Å²) in [4.78, 5) is 29.0. The summed E-state index contributed by atoms with van der Waals surface area (Å²) in [5.41, 5.74) is 0.940. The van der Waals surface area contributed by atoms with Crippen molar-refractivity contribution in [1.82, 2.24) is 4.98 Å². The van der Waals surface area contributed by atoms with E-state index in [-0.39, 0.29) is 24.6 Å². The Kier molecular flexibility index (Phi) is 5.62. The average molecular weight is 417 g/mol. The Hall–Kier alpha value is -2.74. The average Bonchev–Trinajstić information content (AvgIpc) is 3.10. The molecule has 26 heavy (non-hydrogen) atoms. The Bertz CT molecular complexity index is 824. The van der Waals surface area contributed by atoms with E-state index in [1.165, 1.54) is 0 Å². The van der Waals surface area contributed by atoms with Crippen molar-refractivity contribution in [2.75, 3.05) is 16.9 Å². The van der Waals surface area contributed by atoms with Crippen LogP contribution in [-0.2, 0) is 14.3 Å². The summed E-state index contributed by atoms with van der Waals surface area (Å²) in [5.74, 6) is -0.381. The summed E-state index contributed by atoms with van der Waals surface area (Å²) < 4.78 is 5.84. The molecule has 1 aliphatic heterocycles. The highest BCUT2D eigenvalue weighted by Gasteiger charge is 2.37. The highest BCUT2D eigenvalue weighted by Crippen LogP contribution is 2.25. The zero-order chi connectivity index (χ0) is 18.5. The quantitative estimate of drug-likeness (QED) is 0.757. The fraction of sp³-hybridized carbons (Fsp3) is 0.222. The van der Waals surface area contributed by atoms with E-state index in [2.05, 4.69) is 31.3 Å². The van der Waals surface area contributed by atoms with E-state index in [0.717, 1.165) is 10.2 Å². The smallest absolute Gasteiger partial charge is 0.354 e. The Balaban J connectivity index is 1.82. The van der Waals surface area contributed by atoms with Gasteiger partial charge in [-0.1, -0.05) is 18.2 Å². The van der Waals surface area contributed by atoms with E-state index in [4.69, 9.17) is 4.74 Å². The maximum Gasteiger partial charge on any atom is 0.354 e. The Morgan fingerprint density at radius 2 is 2.04 bits per heavy atom. The van der Waals surface area contributed by atoms with Crippen LogP contribution in [0.3, 0.4) is 0 Å². The monoisotopic (exact) mass is 416 g/mol. The van der Waals surface area contributed by atoms with Crippen LogP contribution in [0.1, 0.15) is 13.3 Å². The van der Waals surface area contributed by atoms with Crippen molar-refractivity contribution in [2.24, 2.45) is 5.10 Å². The van der Waals surface area contributed by atoms with E-state index in [1.807, 2.05) is 30.3 Å². The lowest BCUT2D eigenvalue weighted by molar-refractivity contribution is -0.135. The molecule has 1 aromatic heterocycles. The minimum Gasteiger partial charge on any atom is -0.461 e. The molecule has 8 heteroatoms. The molecule has 2 aromatic rings. The van der Waals surface area contributed by atoms with Crippen LogP contribution in [0.5, 0.6) is 0 Å². The van der Waals surface area contributed by atoms with Gasteiger partial charge >= 0.3 is 5.97 Å². The van der Waals surface area contributed by atoms with Crippen LogP contribution in [0.2, 0.25) is 0 Å². The van der Waals surface area contributed by atoms with Gasteiger partial charge in [0.15, 0.2) is 0 Å². The number of hydrogen-bond donors (Lipinski definition) is 1. The number of nitrogens with zero attached hydrogens (tertiary/aromatic N) is 3. The van der Waals surface area contributed by atoms with Crippen molar-refractivity contribution >= 4 is 45.0 Å². The van der Waals surface area contributed by atoms with Crippen molar-refractivity contribution in [3.63, 3.8) is 0 Å². The van der Waals surface area contributed by atoms with Gasteiger partial charge in [0, 0.05) is 17.1 Å². The molecule has 2 heterocycles. The topological polar surface area (TPSA) is 83.9 Å². The number of nitrogens with one attached hydrogen (secondary N) is 1. The first kappa shape index (κ1) is 18.1. The minimum absolute atomic E-state index is 0.163. The number of rotatable bonds is 5. The molecule has 0 bridgehead atoms. The normalized spacial score (nSPS) is 16.2. The zero-order valence-electron chi connectivity index (χ0n) is 14.1. The second-order valence-corrected chi connectivity index (χ2v) is 6.43. The van der Waals surface area contributed by atoms with E-state index < -0.39 is 12.0 Å². The second-order valence-electron chi connectivity index (χ2n) is 5.52. The predicted octanol–water partition coefficient (Wildman–Crippen LogP) is 2.98. The molecule has 1 aromatic carbocycles. The minimum atomic E-state index is -0.665. The number of carbonyl (C=O) groups excluding carboxylic acids is 2. The van der Waals surface area contributed by atoms with Gasteiger partial charge < -0.3 is 10.1 Å². The molecule has 0 aliphatic carbocycles. The van der Waals surface area contributed by atoms with Crippen molar-refractivity contribution in [3.05, 3.63) is 53.1 Å². The van der Waals surface area contributed by atoms with Crippen molar-refractivity contribution < 1.29 is 14.3 Å². The van der Waals surface area contributed by atoms with E-state index in [1.54, 1.807) is 30.3 Å². The molecule has 0 radical (unpaired) electrons. The van der Waals surface area contributed by atoms with Crippen LogP contribution in [0, 0.1) is 0 Å². The molecule has 134 valence electrons. The number of aromatic nitrogens is 1. The summed E-state index contributed by atoms with van der Waals surface area (Å²) in [7, 11) is 0. The SMILES string of the molecule is CCOC(=O)C1=NN(c2ccccc2)C(C(=O)Nc2ccc(Br)cn2)C1. The molecule has 7 nitrogen and oxygen atoms in total. The lowest BCUT2D eigenvalue weighted by atomic mass is 10.1. The van der Waals surface area contributed by atoms with Crippen molar-refractivity contribution in [2.45, 2.75) is 19.4 Å². The first-order valence-corrected chi connectivity index (χ1v) is 8.89. The molecule has 0 saturated carbocycles. The van der Waals surface area contributed by atoms with Crippen LogP contribution in [-0.4, -0.2) is 35.2 Å². The first-order valence-electron chi connectivity index (χ1n) is 8.09. The van der Waals surface area contributed by atoms with Crippen LogP contribution >= 0.6 is 15.9 Å². The number of para-hydroxylation sites is 1. The molecule has 0 spiro atoms. The summed E-state index contributed by atoms with van der Waals surface area (Å²) in [6.45, 7) is 1.98. The standard InChI is InChI=1S/C18H17BrN4O3/c1-2-26-18(25)14-10-15(23(22-14)13-6-4-3-5-7-13)17(24)21-16-9-8-12(19)11-20-16/h3-9,11,15H,2,10H2,1H3,(H,20,21,24). The summed E-state index contributed by atoms with van der Waals surface area (Å²) in [6.07, 6.45) is 1.76. The molecule has 1 atom stereocenters. The number of hydrogen-bond acceptors (Lipinski definition) is 6. The predicted molar refractivity (Wildman–Crippen MR) is 102 cm³/mol. The molecular formula is C18H17BrN4O3. The van der Waals surface area contributed by atoms with Gasteiger partial charge in [-0.3, -0.25) is 9.80 Å². The number of benzene rings is 1. The Morgan fingerprint density at radius 1 is 1.27 bits per heavy atom. The van der Waals surface area contributed by atoms with Gasteiger partial charge in [-0.25, -0.2) is 9.78 Å². The largest absolute Gasteiger partial charge is 0.461 e. The highest BCUT2D eigenvalue weighted by atomic mass is 79.9. The number of esters is 1. The molecule has 3 rings (SSSR count). The third-order valence-corrected chi connectivity index (χ3v) is 4.19. The van der Waals surface area contributed by atoms with Gasteiger partial charge in [0.05, 0.1) is 12.3 Å². The summed E-state index contributed by atoms with van der Waals surface area (Å²) >= 11 is 3.30. The van der Waals surface area contributed by atoms with Crippen LogP contribution in [0.25, 0.3) is 0 Å². The van der Waals surface area contributed by atoms with Crippen LogP contribution in [0.4, 0.5) is 11.5 Å². The molecule has 1 amide bonds. The number of anilines is 2. The van der Waals surface area contributed by atoms with Gasteiger partial charge in [-0.15, -0.1) is 0 Å². The van der Waals surface area contributed by atoms with E-state index in [9.17, 15) is 9.59 Å². The number of halogens is 1. The molecular weight excluding hydrogens is 400 g/mol. The van der Waals surface area contributed by atoms with Crippen LogP contribution < -0.4 is 10.3 Å². The van der Waals surface area contributed by atoms with E-state index >= 15 is 0 Å². The summed E-state index contributed by atoms with van der Waals surface area (Å²) in [6, 6.07) is 12.0. The van der Waals surface area contributed by atoms with Gasteiger partial charge in [0.2, 0.25) is 0 Å². The maximum absolute atomic E-state index is 12.8. The number of ether oxygens (including phenoxy) is 1. The third-order valence-electron chi connectivity index (χ3n) is 3.72. The Morgan fingerprint density at radius 3 is 2.69 bits per heavy atom.